The molecule has 4 aromatic rings. The fourth-order valence-electron chi connectivity index (χ4n) is 7.53. The SMILES string of the molecule is O=C(COC(=O)c1cc(-c2ccc(N3C(=O)C4C5C=CC(C6CC56)C4C3=O)cc2)nc2c(Cl)cccc12)c1ccc(Cl)cc1Cl. The highest BCUT2D eigenvalue weighted by molar-refractivity contribution is 6.37. The molecule has 1 aliphatic heterocycles. The van der Waals surface area contributed by atoms with Crippen LogP contribution < -0.4 is 4.90 Å². The van der Waals surface area contributed by atoms with Gasteiger partial charge in [-0.25, -0.2) is 9.78 Å². The fraction of sp³-hybridized carbons (Fsp3) is 0.229. The lowest BCUT2D eigenvalue weighted by Crippen LogP contribution is -2.40. The van der Waals surface area contributed by atoms with Crippen LogP contribution in [-0.2, 0) is 14.3 Å². The number of para-hydroxylation sites is 1. The number of esters is 1. The zero-order valence-corrected chi connectivity index (χ0v) is 25.7. The van der Waals surface area contributed by atoms with Gasteiger partial charge in [0.2, 0.25) is 17.6 Å². The molecule has 6 atom stereocenters. The van der Waals surface area contributed by atoms with Gasteiger partial charge in [-0.3, -0.25) is 19.3 Å². The number of carbonyl (C=O) groups is 4. The number of imide groups is 1. The van der Waals surface area contributed by atoms with E-state index in [0.717, 1.165) is 6.42 Å². The topological polar surface area (TPSA) is 93.6 Å². The summed E-state index contributed by atoms with van der Waals surface area (Å²) in [6, 6.07) is 18.1. The quantitative estimate of drug-likeness (QED) is 0.0925. The zero-order chi connectivity index (χ0) is 31.1. The van der Waals surface area contributed by atoms with Gasteiger partial charge in [-0.15, -0.1) is 0 Å². The van der Waals surface area contributed by atoms with Crippen molar-refractivity contribution in [3.05, 3.63) is 105 Å². The molecule has 0 spiro atoms. The van der Waals surface area contributed by atoms with Crippen molar-refractivity contribution in [2.24, 2.45) is 35.5 Å². The van der Waals surface area contributed by atoms with Gasteiger partial charge in [0, 0.05) is 21.5 Å². The number of ether oxygens (including phenoxy) is 1. The molecule has 6 unspecified atom stereocenters. The number of Topliss-reactive ketones (excluding diaryl/α,β-unsaturated/α-hetero) is 1. The summed E-state index contributed by atoms with van der Waals surface area (Å²) in [6.07, 6.45) is 5.41. The summed E-state index contributed by atoms with van der Waals surface area (Å²) in [5.41, 5.74) is 2.32. The van der Waals surface area contributed by atoms with Crippen molar-refractivity contribution in [2.45, 2.75) is 6.42 Å². The van der Waals surface area contributed by atoms with Crippen molar-refractivity contribution in [1.29, 1.82) is 0 Å². The number of fused-ring (bicyclic) bond motifs is 1. The molecule has 2 saturated carbocycles. The van der Waals surface area contributed by atoms with Crippen LogP contribution in [0.1, 0.15) is 27.1 Å². The third kappa shape index (κ3) is 4.51. The van der Waals surface area contributed by atoms with Crippen LogP contribution in [0.4, 0.5) is 5.69 Å². The van der Waals surface area contributed by atoms with Gasteiger partial charge in [0.25, 0.3) is 0 Å². The molecule has 5 aliphatic rings. The molecule has 10 heteroatoms. The molecule has 224 valence electrons. The summed E-state index contributed by atoms with van der Waals surface area (Å²) in [7, 11) is 0. The van der Waals surface area contributed by atoms with Crippen molar-refractivity contribution in [1.82, 2.24) is 4.98 Å². The molecule has 3 aromatic carbocycles. The minimum atomic E-state index is -0.738. The van der Waals surface area contributed by atoms with Crippen LogP contribution in [0.5, 0.6) is 0 Å². The Balaban J connectivity index is 1.07. The monoisotopic (exact) mass is 656 g/mol. The van der Waals surface area contributed by atoms with Gasteiger partial charge < -0.3 is 4.74 Å². The predicted octanol–water partition coefficient (Wildman–Crippen LogP) is 7.46. The lowest BCUT2D eigenvalue weighted by Gasteiger charge is -2.37. The Labute approximate surface area is 272 Å². The number of ketones is 1. The number of carbonyl (C=O) groups excluding carboxylic acids is 4. The molecule has 1 aromatic heterocycles. The molecule has 1 saturated heterocycles. The maximum atomic E-state index is 13.6. The molecule has 9 rings (SSSR count). The second-order valence-electron chi connectivity index (χ2n) is 12.0. The molecular formula is C35H23Cl3N2O5. The van der Waals surface area contributed by atoms with E-state index in [1.54, 1.807) is 48.5 Å². The number of nitrogens with zero attached hydrogens (tertiary/aromatic N) is 2. The van der Waals surface area contributed by atoms with E-state index in [9.17, 15) is 19.2 Å². The van der Waals surface area contributed by atoms with E-state index in [-0.39, 0.29) is 51.6 Å². The second kappa shape index (κ2) is 10.5. The van der Waals surface area contributed by atoms with Crippen LogP contribution in [0.15, 0.2) is 78.9 Å². The number of anilines is 1. The minimum Gasteiger partial charge on any atom is -0.454 e. The van der Waals surface area contributed by atoms with Crippen LogP contribution in [-0.4, -0.2) is 35.2 Å². The first-order valence-corrected chi connectivity index (χ1v) is 15.8. The lowest BCUT2D eigenvalue weighted by molar-refractivity contribution is -0.124. The predicted molar refractivity (Wildman–Crippen MR) is 170 cm³/mol. The van der Waals surface area contributed by atoms with Crippen LogP contribution >= 0.6 is 34.8 Å². The number of allylic oxidation sites excluding steroid dienone is 2. The van der Waals surface area contributed by atoms with E-state index in [4.69, 9.17) is 44.5 Å². The average molecular weight is 658 g/mol. The van der Waals surface area contributed by atoms with Gasteiger partial charge in [0.1, 0.15) is 0 Å². The average Bonchev–Trinajstić information content (AvgIpc) is 3.82. The highest BCUT2D eigenvalue weighted by Gasteiger charge is 2.67. The number of rotatable bonds is 6. The molecule has 3 fully saturated rings. The molecule has 0 radical (unpaired) electrons. The Morgan fingerprint density at radius 1 is 0.822 bits per heavy atom. The van der Waals surface area contributed by atoms with Crippen LogP contribution in [0.3, 0.4) is 0 Å². The third-order valence-corrected chi connectivity index (χ3v) is 10.5. The Morgan fingerprint density at radius 3 is 2.18 bits per heavy atom. The third-order valence-electron chi connectivity index (χ3n) is 9.66. The van der Waals surface area contributed by atoms with Crippen LogP contribution in [0, 0.1) is 35.5 Å². The first-order valence-electron chi connectivity index (χ1n) is 14.6. The van der Waals surface area contributed by atoms with Gasteiger partial charge in [0.15, 0.2) is 6.61 Å². The van der Waals surface area contributed by atoms with Crippen molar-refractivity contribution in [3.8, 4) is 11.3 Å². The number of aromatic nitrogens is 1. The molecule has 4 aliphatic carbocycles. The minimum absolute atomic E-state index is 0.127. The number of amides is 2. The van der Waals surface area contributed by atoms with Crippen molar-refractivity contribution < 1.29 is 23.9 Å². The van der Waals surface area contributed by atoms with E-state index in [2.05, 4.69) is 12.2 Å². The molecule has 0 N–H and O–H groups in total. The first-order chi connectivity index (χ1) is 21.7. The molecule has 7 nitrogen and oxygen atoms in total. The highest BCUT2D eigenvalue weighted by Crippen LogP contribution is 2.65. The van der Waals surface area contributed by atoms with Crippen molar-refractivity contribution in [3.63, 3.8) is 0 Å². The number of benzene rings is 3. The maximum absolute atomic E-state index is 13.6. The Bertz CT molecular complexity index is 1970. The van der Waals surface area contributed by atoms with Crippen LogP contribution in [0.2, 0.25) is 15.1 Å². The van der Waals surface area contributed by atoms with E-state index >= 15 is 0 Å². The van der Waals surface area contributed by atoms with E-state index < -0.39 is 18.4 Å². The molecule has 2 heterocycles. The van der Waals surface area contributed by atoms with Gasteiger partial charge in [-0.05, 0) is 72.6 Å². The van der Waals surface area contributed by atoms with Gasteiger partial charge in [-0.2, -0.15) is 0 Å². The molecule has 45 heavy (non-hydrogen) atoms. The Hall–Kier alpha value is -4.04. The smallest absolute Gasteiger partial charge is 0.339 e. The van der Waals surface area contributed by atoms with Crippen molar-refractivity contribution in [2.75, 3.05) is 11.5 Å². The second-order valence-corrected chi connectivity index (χ2v) is 13.3. The summed E-state index contributed by atoms with van der Waals surface area (Å²) in [4.78, 5) is 59.3. The standard InChI is InChI=1S/C35H23Cl3N2O5/c36-17-6-9-22(27(38)12-17)29(41)15-45-35(44)25-14-28(39-32-21(25)2-1-3-26(32)37)16-4-7-18(8-5-16)40-33(42)30-19-10-11-20(24-13-23(19)24)31(30)34(40)43/h1-12,14,19-20,23-24,30-31H,13,15H2. The molecule has 2 bridgehead atoms. The zero-order valence-electron chi connectivity index (χ0n) is 23.5. The number of pyridine rings is 1. The van der Waals surface area contributed by atoms with Gasteiger partial charge in [-0.1, -0.05) is 71.2 Å². The summed E-state index contributed by atoms with van der Waals surface area (Å²) >= 11 is 18.6. The fourth-order valence-corrected chi connectivity index (χ4v) is 8.26. The molecule has 2 amide bonds. The Morgan fingerprint density at radius 2 is 1.51 bits per heavy atom. The summed E-state index contributed by atoms with van der Waals surface area (Å²) in [5.74, 6) is -0.687. The van der Waals surface area contributed by atoms with Gasteiger partial charge >= 0.3 is 5.97 Å². The first kappa shape index (κ1) is 28.4. The largest absolute Gasteiger partial charge is 0.454 e. The molecular weight excluding hydrogens is 635 g/mol. The van der Waals surface area contributed by atoms with Crippen molar-refractivity contribution >= 4 is 75.0 Å². The van der Waals surface area contributed by atoms with E-state index in [1.807, 2.05) is 0 Å². The van der Waals surface area contributed by atoms with Gasteiger partial charge in [0.05, 0.1) is 44.3 Å². The maximum Gasteiger partial charge on any atom is 0.339 e. The normalized spacial score (nSPS) is 25.8. The lowest BCUT2D eigenvalue weighted by atomic mass is 9.63. The Kier molecular flexibility index (Phi) is 6.64. The number of halogens is 3. The summed E-state index contributed by atoms with van der Waals surface area (Å²) < 4.78 is 5.42. The van der Waals surface area contributed by atoms with E-state index in [1.165, 1.54) is 23.1 Å². The highest BCUT2D eigenvalue weighted by atomic mass is 35.5. The van der Waals surface area contributed by atoms with Crippen LogP contribution in [0.25, 0.3) is 22.2 Å². The summed E-state index contributed by atoms with van der Waals surface area (Å²) in [5, 5.41) is 1.33. The summed E-state index contributed by atoms with van der Waals surface area (Å²) in [6.45, 7) is -0.535. The van der Waals surface area contributed by atoms with E-state index in [0.29, 0.717) is 49.7 Å². The number of hydrogen-bond acceptors (Lipinski definition) is 6. The number of hydrogen-bond donors (Lipinski definition) is 0.